The second-order valence-electron chi connectivity index (χ2n) is 7.58. The molecule has 0 bridgehead atoms. The third-order valence-electron chi connectivity index (χ3n) is 5.83. The molecule has 0 saturated heterocycles. The number of benzene rings is 2. The van der Waals surface area contributed by atoms with Crippen molar-refractivity contribution in [2.75, 3.05) is 18.9 Å². The summed E-state index contributed by atoms with van der Waals surface area (Å²) in [4.78, 5) is 0. The smallest absolute Gasteiger partial charge is 0.168 e. The second-order valence-corrected chi connectivity index (χ2v) is 9.01. The van der Waals surface area contributed by atoms with Crippen molar-refractivity contribution in [3.05, 3.63) is 46.2 Å². The summed E-state index contributed by atoms with van der Waals surface area (Å²) < 4.78 is 38.2. The maximum absolute atomic E-state index is 15.6. The fraction of sp³-hybridized carbons (Fsp3) is 0.190. The number of ether oxygens (including phenoxy) is 1. The minimum Gasteiger partial charge on any atom is -0.489 e. The average Bonchev–Trinajstić information content (AvgIpc) is 3.31. The van der Waals surface area contributed by atoms with Crippen LogP contribution in [0.4, 0.5) is 13.8 Å². The Balaban J connectivity index is 1.64. The van der Waals surface area contributed by atoms with Crippen molar-refractivity contribution < 1.29 is 13.5 Å². The molecule has 7 nitrogen and oxygen atoms in total. The van der Waals surface area contributed by atoms with Crippen molar-refractivity contribution in [2.45, 2.75) is 12.6 Å². The first-order valence-electron chi connectivity index (χ1n) is 9.70. The number of fused-ring (bicyclic) bond motifs is 3. The van der Waals surface area contributed by atoms with E-state index in [1.165, 1.54) is 18.2 Å². The summed E-state index contributed by atoms with van der Waals surface area (Å²) >= 11 is 7.66. The van der Waals surface area contributed by atoms with Gasteiger partial charge in [0.1, 0.15) is 40.9 Å². The number of nitriles is 1. The lowest BCUT2D eigenvalue weighted by Crippen LogP contribution is -2.35. The van der Waals surface area contributed by atoms with Crippen LogP contribution in [0.25, 0.3) is 32.6 Å². The molecular weight excluding hydrogens is 458 g/mol. The molecule has 2 aliphatic rings. The van der Waals surface area contributed by atoms with Crippen molar-refractivity contribution in [3.63, 3.8) is 0 Å². The molecule has 0 fully saturated rings. The number of anilines is 1. The van der Waals surface area contributed by atoms with Gasteiger partial charge in [-0.3, -0.25) is 0 Å². The molecule has 6 rings (SSSR count). The van der Waals surface area contributed by atoms with Gasteiger partial charge in [0.25, 0.3) is 0 Å². The SMILES string of the molecule is N#Cc1c(N)sc2c(F)ccc(-c3c(F)cc4c(c3Cl)OC[C@@H]3CNCc5nnc-4n53)c12. The Hall–Kier alpha value is -3.26. The number of hydrogen-bond acceptors (Lipinski definition) is 7. The van der Waals surface area contributed by atoms with Crippen LogP contribution in [0.1, 0.15) is 17.4 Å². The van der Waals surface area contributed by atoms with Crippen molar-refractivity contribution in [2.24, 2.45) is 0 Å². The van der Waals surface area contributed by atoms with Crippen molar-refractivity contribution >= 4 is 38.0 Å². The molecule has 4 aromatic rings. The summed E-state index contributed by atoms with van der Waals surface area (Å²) in [5.41, 5.74) is 6.70. The molecule has 32 heavy (non-hydrogen) atoms. The molecule has 0 radical (unpaired) electrons. The molecule has 2 aromatic carbocycles. The first-order valence-corrected chi connectivity index (χ1v) is 10.9. The number of halogens is 3. The normalized spacial score (nSPS) is 16.8. The molecule has 160 valence electrons. The van der Waals surface area contributed by atoms with E-state index < -0.39 is 11.6 Å². The van der Waals surface area contributed by atoms with Crippen LogP contribution in [0.5, 0.6) is 5.75 Å². The third-order valence-corrected chi connectivity index (χ3v) is 7.22. The fourth-order valence-electron chi connectivity index (χ4n) is 4.43. The number of thiophene rings is 1. The van der Waals surface area contributed by atoms with E-state index in [0.717, 1.165) is 17.2 Å². The van der Waals surface area contributed by atoms with Crippen molar-refractivity contribution in [1.82, 2.24) is 20.1 Å². The zero-order valence-corrected chi connectivity index (χ0v) is 17.8. The van der Waals surface area contributed by atoms with E-state index in [1.807, 2.05) is 10.6 Å². The van der Waals surface area contributed by atoms with Gasteiger partial charge in [0.2, 0.25) is 0 Å². The number of nitrogen functional groups attached to an aromatic ring is 1. The molecule has 3 N–H and O–H groups in total. The lowest BCUT2D eigenvalue weighted by molar-refractivity contribution is 0.238. The molecule has 4 heterocycles. The van der Waals surface area contributed by atoms with Gasteiger partial charge < -0.3 is 20.4 Å². The van der Waals surface area contributed by atoms with E-state index in [9.17, 15) is 9.65 Å². The average molecular weight is 471 g/mol. The monoisotopic (exact) mass is 470 g/mol. The van der Waals surface area contributed by atoms with E-state index in [2.05, 4.69) is 15.5 Å². The highest BCUT2D eigenvalue weighted by Gasteiger charge is 2.33. The number of hydrogen-bond donors (Lipinski definition) is 2. The minimum atomic E-state index is -0.649. The quantitative estimate of drug-likeness (QED) is 0.431. The Morgan fingerprint density at radius 3 is 2.94 bits per heavy atom. The van der Waals surface area contributed by atoms with Gasteiger partial charge in [-0.1, -0.05) is 17.7 Å². The van der Waals surface area contributed by atoms with Gasteiger partial charge in [-0.05, 0) is 17.7 Å². The second kappa shape index (κ2) is 6.87. The number of nitrogens with one attached hydrogen (secondary N) is 1. The van der Waals surface area contributed by atoms with Crippen LogP contribution in [0.3, 0.4) is 0 Å². The number of aromatic nitrogens is 3. The van der Waals surface area contributed by atoms with Crippen LogP contribution in [0.15, 0.2) is 18.2 Å². The number of nitrogens with two attached hydrogens (primary N) is 1. The summed E-state index contributed by atoms with van der Waals surface area (Å²) in [5, 5.41) is 21.7. The molecule has 2 aromatic heterocycles. The molecule has 2 aliphatic heterocycles. The molecule has 0 saturated carbocycles. The van der Waals surface area contributed by atoms with E-state index in [0.29, 0.717) is 24.5 Å². The van der Waals surface area contributed by atoms with Crippen LogP contribution < -0.4 is 15.8 Å². The van der Waals surface area contributed by atoms with E-state index in [4.69, 9.17) is 22.1 Å². The standard InChI is InChI=1S/C21H13ClF2N6OS/c22-17-16(9-1-2-12(23)19-15(9)11(4-25)20(26)32-19)13(24)3-10-18(17)31-7-8-5-27-6-14-28-29-21(10)30(8)14/h1-3,8,27H,5-7,26H2/t8-/m0/s1. The van der Waals surface area contributed by atoms with Crippen LogP contribution in [-0.2, 0) is 6.54 Å². The zero-order valence-electron chi connectivity index (χ0n) is 16.2. The summed E-state index contributed by atoms with van der Waals surface area (Å²) in [7, 11) is 0. The number of rotatable bonds is 1. The van der Waals surface area contributed by atoms with Gasteiger partial charge in [0.05, 0.1) is 33.4 Å². The maximum Gasteiger partial charge on any atom is 0.168 e. The van der Waals surface area contributed by atoms with Gasteiger partial charge in [-0.15, -0.1) is 21.5 Å². The Morgan fingerprint density at radius 2 is 2.12 bits per heavy atom. The molecule has 1 atom stereocenters. The van der Waals surface area contributed by atoms with Crippen molar-refractivity contribution in [3.8, 4) is 34.3 Å². The highest BCUT2D eigenvalue weighted by molar-refractivity contribution is 7.23. The Morgan fingerprint density at radius 1 is 1.28 bits per heavy atom. The van der Waals surface area contributed by atoms with Gasteiger partial charge >= 0.3 is 0 Å². The molecule has 0 amide bonds. The topological polar surface area (TPSA) is 102 Å². The van der Waals surface area contributed by atoms with Gasteiger partial charge in [0, 0.05) is 17.5 Å². The first kappa shape index (κ1) is 19.4. The molecule has 11 heteroatoms. The highest BCUT2D eigenvalue weighted by Crippen LogP contribution is 2.49. The summed E-state index contributed by atoms with van der Waals surface area (Å²) in [5.74, 6) is 0.295. The Kier molecular flexibility index (Phi) is 4.17. The van der Waals surface area contributed by atoms with E-state index >= 15 is 4.39 Å². The summed E-state index contributed by atoms with van der Waals surface area (Å²) in [6.07, 6.45) is 0. The highest BCUT2D eigenvalue weighted by atomic mass is 35.5. The molecule has 0 unspecified atom stereocenters. The maximum atomic E-state index is 15.6. The van der Waals surface area contributed by atoms with Gasteiger partial charge in [-0.25, -0.2) is 8.78 Å². The first-order chi connectivity index (χ1) is 15.5. The lowest BCUT2D eigenvalue weighted by atomic mass is 9.96. The molecule has 0 aliphatic carbocycles. The van der Waals surface area contributed by atoms with E-state index in [1.54, 1.807) is 0 Å². The third kappa shape index (κ3) is 2.53. The number of nitrogens with zero attached hydrogens (tertiary/aromatic N) is 4. The minimum absolute atomic E-state index is 0.0162. The Labute approximate surface area is 189 Å². The zero-order chi connectivity index (χ0) is 22.1. The summed E-state index contributed by atoms with van der Waals surface area (Å²) in [6, 6.07) is 5.84. The Bertz CT molecular complexity index is 1490. The van der Waals surface area contributed by atoms with Crippen LogP contribution in [0, 0.1) is 23.0 Å². The van der Waals surface area contributed by atoms with Gasteiger partial charge in [-0.2, -0.15) is 5.26 Å². The van der Waals surface area contributed by atoms with Crippen molar-refractivity contribution in [1.29, 1.82) is 5.26 Å². The predicted octanol–water partition coefficient (Wildman–Crippen LogP) is 4.25. The van der Waals surface area contributed by atoms with E-state index in [-0.39, 0.29) is 55.2 Å². The predicted molar refractivity (Wildman–Crippen MR) is 117 cm³/mol. The van der Waals surface area contributed by atoms with Crippen LogP contribution in [-0.4, -0.2) is 27.9 Å². The summed E-state index contributed by atoms with van der Waals surface area (Å²) in [6.45, 7) is 1.49. The lowest BCUT2D eigenvalue weighted by Gasteiger charge is -2.24. The molecule has 0 spiro atoms. The molecular formula is C21H13ClF2N6OS. The largest absolute Gasteiger partial charge is 0.489 e. The van der Waals surface area contributed by atoms with Gasteiger partial charge in [0.15, 0.2) is 5.82 Å². The fourth-order valence-corrected chi connectivity index (χ4v) is 5.73. The van der Waals surface area contributed by atoms with Crippen LogP contribution in [0.2, 0.25) is 5.02 Å². The van der Waals surface area contributed by atoms with Crippen LogP contribution >= 0.6 is 22.9 Å².